The van der Waals surface area contributed by atoms with Crippen LogP contribution in [0.15, 0.2) is 6.07 Å². The number of nitrogens with zero attached hydrogens (tertiary/aromatic N) is 1. The minimum atomic E-state index is -4.77. The molecule has 0 aliphatic rings. The van der Waals surface area contributed by atoms with Gasteiger partial charge in [0.05, 0.1) is 5.69 Å². The van der Waals surface area contributed by atoms with Gasteiger partial charge in [-0.05, 0) is 6.07 Å². The third-order valence-corrected chi connectivity index (χ3v) is 1.70. The van der Waals surface area contributed by atoms with E-state index in [2.05, 4.69) is 9.72 Å². The molecule has 88 valence electrons. The highest BCUT2D eigenvalue weighted by Gasteiger charge is 2.38. The quantitative estimate of drug-likeness (QED) is 0.617. The Balaban J connectivity index is 3.38. The van der Waals surface area contributed by atoms with E-state index in [9.17, 15) is 18.0 Å². The van der Waals surface area contributed by atoms with Crippen molar-refractivity contribution in [3.63, 3.8) is 0 Å². The Labute approximate surface area is 93.2 Å². The molecule has 8 heteroatoms. The first kappa shape index (κ1) is 12.6. The Morgan fingerprint density at radius 1 is 1.56 bits per heavy atom. The van der Waals surface area contributed by atoms with E-state index in [0.29, 0.717) is 0 Å². The summed E-state index contributed by atoms with van der Waals surface area (Å²) in [4.78, 5) is 13.9. The summed E-state index contributed by atoms with van der Waals surface area (Å²) >= 11 is 5.41. The van der Waals surface area contributed by atoms with Gasteiger partial charge in [0.25, 0.3) is 0 Å². The first-order chi connectivity index (χ1) is 7.21. The van der Waals surface area contributed by atoms with E-state index in [0.717, 1.165) is 13.0 Å². The number of aromatic nitrogens is 1. The van der Waals surface area contributed by atoms with Crippen molar-refractivity contribution in [2.75, 3.05) is 5.73 Å². The Hall–Kier alpha value is -1.50. The fourth-order valence-corrected chi connectivity index (χ4v) is 1.20. The van der Waals surface area contributed by atoms with Gasteiger partial charge in [0.15, 0.2) is 0 Å². The van der Waals surface area contributed by atoms with Crippen molar-refractivity contribution in [1.29, 1.82) is 0 Å². The molecule has 1 aromatic rings. The zero-order valence-electron chi connectivity index (χ0n) is 7.93. The molecular formula is C8H6ClF3N2O2. The van der Waals surface area contributed by atoms with Gasteiger partial charge < -0.3 is 10.5 Å². The third kappa shape index (κ3) is 2.75. The van der Waals surface area contributed by atoms with Gasteiger partial charge in [0, 0.05) is 6.92 Å². The van der Waals surface area contributed by atoms with E-state index in [1.165, 1.54) is 0 Å². The summed E-state index contributed by atoms with van der Waals surface area (Å²) in [6.07, 6.45) is -4.77. The number of hydrogen-bond acceptors (Lipinski definition) is 4. The molecule has 0 amide bonds. The number of anilines is 1. The summed E-state index contributed by atoms with van der Waals surface area (Å²) in [5.41, 5.74) is 3.19. The fourth-order valence-electron chi connectivity index (χ4n) is 1.00. The summed E-state index contributed by atoms with van der Waals surface area (Å²) in [7, 11) is 0. The number of nitrogens with two attached hydrogens (primary N) is 1. The Kier molecular flexibility index (Phi) is 3.27. The molecule has 0 atom stereocenters. The molecule has 0 saturated heterocycles. The molecule has 0 spiro atoms. The number of pyridine rings is 1. The molecule has 2 N–H and O–H groups in total. The smallest absolute Gasteiger partial charge is 0.407 e. The highest BCUT2D eigenvalue weighted by atomic mass is 35.5. The predicted molar refractivity (Wildman–Crippen MR) is 50.0 cm³/mol. The summed E-state index contributed by atoms with van der Waals surface area (Å²) < 4.78 is 41.9. The van der Waals surface area contributed by atoms with Crippen molar-refractivity contribution >= 4 is 23.3 Å². The maximum absolute atomic E-state index is 12.5. The maximum Gasteiger partial charge on any atom is 0.423 e. The SMILES string of the molecule is CC(=O)Oc1nc(Cl)cc(N)c1C(F)(F)F. The van der Waals surface area contributed by atoms with Gasteiger partial charge in [0.1, 0.15) is 10.7 Å². The second-order valence-electron chi connectivity index (χ2n) is 2.81. The molecule has 4 nitrogen and oxygen atoms in total. The molecule has 0 saturated carbocycles. The molecule has 0 radical (unpaired) electrons. The lowest BCUT2D eigenvalue weighted by Crippen LogP contribution is -2.15. The normalized spacial score (nSPS) is 11.3. The van der Waals surface area contributed by atoms with Gasteiger partial charge in [-0.25, -0.2) is 4.98 Å². The zero-order valence-corrected chi connectivity index (χ0v) is 8.69. The number of carbonyl (C=O) groups excluding carboxylic acids is 1. The van der Waals surface area contributed by atoms with E-state index < -0.39 is 29.3 Å². The third-order valence-electron chi connectivity index (χ3n) is 1.51. The van der Waals surface area contributed by atoms with Crippen molar-refractivity contribution in [3.8, 4) is 5.88 Å². The molecule has 0 bridgehead atoms. The minimum Gasteiger partial charge on any atom is -0.407 e. The number of esters is 1. The zero-order chi connectivity index (χ0) is 12.5. The van der Waals surface area contributed by atoms with Crippen molar-refractivity contribution < 1.29 is 22.7 Å². The molecule has 1 aromatic heterocycles. The summed E-state index contributed by atoms with van der Waals surface area (Å²) in [6.45, 7) is 0.943. The van der Waals surface area contributed by atoms with Gasteiger partial charge in [-0.15, -0.1) is 0 Å². The number of nitrogen functional groups attached to an aromatic ring is 1. The molecule has 0 aromatic carbocycles. The highest BCUT2D eigenvalue weighted by molar-refractivity contribution is 6.29. The van der Waals surface area contributed by atoms with Crippen molar-refractivity contribution in [3.05, 3.63) is 16.8 Å². The summed E-state index contributed by atoms with van der Waals surface area (Å²) in [5, 5.41) is -0.290. The van der Waals surface area contributed by atoms with Crippen LogP contribution in [0.1, 0.15) is 12.5 Å². The minimum absolute atomic E-state index is 0.290. The number of carbonyl (C=O) groups is 1. The predicted octanol–water partition coefficient (Wildman–Crippen LogP) is 2.26. The molecule has 1 rings (SSSR count). The van der Waals surface area contributed by atoms with Crippen LogP contribution >= 0.6 is 11.6 Å². The largest absolute Gasteiger partial charge is 0.423 e. The van der Waals surface area contributed by atoms with E-state index in [1.807, 2.05) is 0 Å². The Morgan fingerprint density at radius 3 is 2.56 bits per heavy atom. The number of halogens is 4. The van der Waals surface area contributed by atoms with E-state index in [-0.39, 0.29) is 5.15 Å². The lowest BCUT2D eigenvalue weighted by molar-refractivity contribution is -0.141. The van der Waals surface area contributed by atoms with Gasteiger partial charge in [-0.1, -0.05) is 11.6 Å². The van der Waals surface area contributed by atoms with Crippen LogP contribution in [0.5, 0.6) is 5.88 Å². The van der Waals surface area contributed by atoms with Crippen LogP contribution in [-0.4, -0.2) is 11.0 Å². The second kappa shape index (κ2) is 4.17. The molecule has 16 heavy (non-hydrogen) atoms. The summed E-state index contributed by atoms with van der Waals surface area (Å²) in [5.74, 6) is -1.88. The van der Waals surface area contributed by atoms with Crippen molar-refractivity contribution in [2.45, 2.75) is 13.1 Å². The van der Waals surface area contributed by atoms with Crippen LogP contribution in [0.4, 0.5) is 18.9 Å². The average Bonchev–Trinajstić information content (AvgIpc) is 1.96. The molecular weight excluding hydrogens is 249 g/mol. The Morgan fingerprint density at radius 2 is 2.12 bits per heavy atom. The maximum atomic E-state index is 12.5. The molecule has 1 heterocycles. The van der Waals surface area contributed by atoms with E-state index in [4.69, 9.17) is 17.3 Å². The standard InChI is InChI=1S/C8H6ClF3N2O2/c1-3(15)16-7-6(8(10,11)12)4(13)2-5(9)14-7/h2H,1H3,(H2,13,14). The second-order valence-corrected chi connectivity index (χ2v) is 3.19. The van der Waals surface area contributed by atoms with E-state index in [1.54, 1.807) is 0 Å². The molecule has 0 unspecified atom stereocenters. The topological polar surface area (TPSA) is 65.2 Å². The number of rotatable bonds is 1. The van der Waals surface area contributed by atoms with Crippen LogP contribution in [0.2, 0.25) is 5.15 Å². The first-order valence-electron chi connectivity index (χ1n) is 3.93. The lowest BCUT2D eigenvalue weighted by atomic mass is 10.2. The fraction of sp³-hybridized carbons (Fsp3) is 0.250. The molecule has 0 aliphatic heterocycles. The molecule has 0 aliphatic carbocycles. The Bertz CT molecular complexity index is 434. The van der Waals surface area contributed by atoms with Crippen LogP contribution in [0.3, 0.4) is 0 Å². The number of ether oxygens (including phenoxy) is 1. The van der Waals surface area contributed by atoms with Crippen molar-refractivity contribution in [1.82, 2.24) is 4.98 Å². The van der Waals surface area contributed by atoms with Gasteiger partial charge in [-0.3, -0.25) is 4.79 Å². The van der Waals surface area contributed by atoms with Gasteiger partial charge >= 0.3 is 12.1 Å². The number of hydrogen-bond donors (Lipinski definition) is 1. The van der Waals surface area contributed by atoms with Crippen LogP contribution < -0.4 is 10.5 Å². The van der Waals surface area contributed by atoms with Gasteiger partial charge in [-0.2, -0.15) is 13.2 Å². The monoisotopic (exact) mass is 254 g/mol. The van der Waals surface area contributed by atoms with E-state index >= 15 is 0 Å². The van der Waals surface area contributed by atoms with Crippen LogP contribution in [-0.2, 0) is 11.0 Å². The lowest BCUT2D eigenvalue weighted by Gasteiger charge is -2.13. The van der Waals surface area contributed by atoms with Gasteiger partial charge in [0.2, 0.25) is 5.88 Å². The summed E-state index contributed by atoms with van der Waals surface area (Å²) in [6, 6.07) is 0.831. The average molecular weight is 255 g/mol. The highest BCUT2D eigenvalue weighted by Crippen LogP contribution is 2.40. The van der Waals surface area contributed by atoms with Crippen molar-refractivity contribution in [2.24, 2.45) is 0 Å². The first-order valence-corrected chi connectivity index (χ1v) is 4.31. The molecule has 0 fully saturated rings. The number of alkyl halides is 3. The van der Waals surface area contributed by atoms with Crippen LogP contribution in [0.25, 0.3) is 0 Å². The van der Waals surface area contributed by atoms with Crippen LogP contribution in [0, 0.1) is 0 Å².